The number of nitrogens with one attached hydrogen (secondary N) is 1. The van der Waals surface area contributed by atoms with Crippen molar-refractivity contribution in [3.63, 3.8) is 0 Å². The largest absolute Gasteiger partial charge is 0.326 e. The summed E-state index contributed by atoms with van der Waals surface area (Å²) < 4.78 is 0. The second kappa shape index (κ2) is 12.2. The molecule has 0 saturated heterocycles. The van der Waals surface area contributed by atoms with E-state index in [9.17, 15) is 4.79 Å². The molecule has 0 radical (unpaired) electrons. The standard InChI is InChI=1S/C30H35ClN2O/c1-2-33(29-6-4-3-5-7-29)22-24-10-8-23(9-11-24)12-21-30(34)32-28-19-15-26(16-20-28)25-13-17-27(31)18-14-25/h8-11,13-20,29H,2-7,12,21-22H2,1H3,(H,32,34). The van der Waals surface area contributed by atoms with E-state index >= 15 is 0 Å². The van der Waals surface area contributed by atoms with E-state index in [-0.39, 0.29) is 5.91 Å². The van der Waals surface area contributed by atoms with E-state index in [1.807, 2.05) is 48.5 Å². The van der Waals surface area contributed by atoms with Crippen LogP contribution >= 0.6 is 11.6 Å². The topological polar surface area (TPSA) is 32.3 Å². The Morgan fingerprint density at radius 1 is 0.853 bits per heavy atom. The molecule has 34 heavy (non-hydrogen) atoms. The number of halogens is 1. The number of benzene rings is 3. The highest BCUT2D eigenvalue weighted by Crippen LogP contribution is 2.25. The second-order valence-corrected chi connectivity index (χ2v) is 9.74. The third kappa shape index (κ3) is 6.94. The average molecular weight is 475 g/mol. The first kappa shape index (κ1) is 24.5. The van der Waals surface area contributed by atoms with E-state index < -0.39 is 0 Å². The van der Waals surface area contributed by atoms with Crippen molar-refractivity contribution in [3.8, 4) is 11.1 Å². The number of rotatable bonds is 9. The van der Waals surface area contributed by atoms with Gasteiger partial charge in [-0.25, -0.2) is 0 Å². The fourth-order valence-corrected chi connectivity index (χ4v) is 4.99. The summed E-state index contributed by atoms with van der Waals surface area (Å²) >= 11 is 5.97. The van der Waals surface area contributed by atoms with Crippen molar-refractivity contribution in [2.24, 2.45) is 0 Å². The summed E-state index contributed by atoms with van der Waals surface area (Å²) in [6.07, 6.45) is 8.03. The van der Waals surface area contributed by atoms with Gasteiger partial charge in [0.25, 0.3) is 0 Å². The molecule has 1 saturated carbocycles. The highest BCUT2D eigenvalue weighted by molar-refractivity contribution is 6.30. The van der Waals surface area contributed by atoms with Crippen LogP contribution in [0.15, 0.2) is 72.8 Å². The van der Waals surface area contributed by atoms with Gasteiger partial charge in [0.2, 0.25) is 5.91 Å². The molecule has 0 heterocycles. The van der Waals surface area contributed by atoms with E-state index in [1.54, 1.807) is 0 Å². The Morgan fingerprint density at radius 3 is 2.06 bits per heavy atom. The van der Waals surface area contributed by atoms with Crippen molar-refractivity contribution in [1.29, 1.82) is 0 Å². The Bertz CT molecular complexity index is 1040. The van der Waals surface area contributed by atoms with E-state index in [2.05, 4.69) is 41.4 Å². The predicted octanol–water partition coefficient (Wildman–Crippen LogP) is 7.73. The molecule has 0 spiro atoms. The third-order valence-corrected chi connectivity index (χ3v) is 7.14. The van der Waals surface area contributed by atoms with Crippen LogP contribution in [-0.4, -0.2) is 23.4 Å². The van der Waals surface area contributed by atoms with Crippen LogP contribution in [0.4, 0.5) is 5.69 Å². The van der Waals surface area contributed by atoms with Crippen molar-refractivity contribution < 1.29 is 4.79 Å². The fraction of sp³-hybridized carbons (Fsp3) is 0.367. The van der Waals surface area contributed by atoms with Gasteiger partial charge in [0.05, 0.1) is 0 Å². The highest BCUT2D eigenvalue weighted by atomic mass is 35.5. The molecule has 1 N–H and O–H groups in total. The number of carbonyl (C=O) groups is 1. The summed E-state index contributed by atoms with van der Waals surface area (Å²) in [4.78, 5) is 15.1. The first-order valence-corrected chi connectivity index (χ1v) is 13.0. The molecule has 3 aromatic rings. The monoisotopic (exact) mass is 474 g/mol. The lowest BCUT2D eigenvalue weighted by molar-refractivity contribution is -0.116. The van der Waals surface area contributed by atoms with Crippen molar-refractivity contribution >= 4 is 23.2 Å². The quantitative estimate of drug-likeness (QED) is 0.344. The molecular formula is C30H35ClN2O. The van der Waals surface area contributed by atoms with E-state index in [0.29, 0.717) is 6.42 Å². The minimum absolute atomic E-state index is 0.0396. The summed E-state index contributed by atoms with van der Waals surface area (Å²) in [7, 11) is 0. The number of anilines is 1. The molecule has 1 fully saturated rings. The first-order chi connectivity index (χ1) is 16.6. The summed E-state index contributed by atoms with van der Waals surface area (Å²) in [6.45, 7) is 4.40. The number of carbonyl (C=O) groups excluding carboxylic acids is 1. The van der Waals surface area contributed by atoms with Crippen molar-refractivity contribution in [1.82, 2.24) is 4.90 Å². The van der Waals surface area contributed by atoms with Crippen LogP contribution in [0.25, 0.3) is 11.1 Å². The number of hydrogen-bond donors (Lipinski definition) is 1. The zero-order valence-electron chi connectivity index (χ0n) is 20.1. The van der Waals surface area contributed by atoms with E-state index in [0.717, 1.165) is 47.4 Å². The Morgan fingerprint density at radius 2 is 1.44 bits per heavy atom. The molecule has 3 aromatic carbocycles. The molecule has 0 aromatic heterocycles. The smallest absolute Gasteiger partial charge is 0.224 e. The van der Waals surface area contributed by atoms with E-state index in [4.69, 9.17) is 11.6 Å². The SMILES string of the molecule is CCN(Cc1ccc(CCC(=O)Nc2ccc(-c3ccc(Cl)cc3)cc2)cc1)C1CCCCC1. The molecule has 0 aliphatic heterocycles. The van der Waals surface area contributed by atoms with Crippen LogP contribution in [0.1, 0.15) is 56.6 Å². The zero-order chi connectivity index (χ0) is 23.8. The highest BCUT2D eigenvalue weighted by Gasteiger charge is 2.19. The maximum Gasteiger partial charge on any atom is 0.224 e. The summed E-state index contributed by atoms with van der Waals surface area (Å²) in [5.74, 6) is 0.0396. The molecule has 0 bridgehead atoms. The molecular weight excluding hydrogens is 440 g/mol. The van der Waals surface area contributed by atoms with Gasteiger partial charge in [-0.05, 0) is 72.3 Å². The summed E-state index contributed by atoms with van der Waals surface area (Å²) in [5.41, 5.74) is 5.59. The third-order valence-electron chi connectivity index (χ3n) is 6.89. The van der Waals surface area contributed by atoms with Gasteiger partial charge in [0.1, 0.15) is 0 Å². The van der Waals surface area contributed by atoms with Gasteiger partial charge in [-0.2, -0.15) is 0 Å². The van der Waals surface area contributed by atoms with Gasteiger partial charge >= 0.3 is 0 Å². The van der Waals surface area contributed by atoms with Crippen LogP contribution in [0.2, 0.25) is 5.02 Å². The molecule has 1 amide bonds. The van der Waals surface area contributed by atoms with Gasteiger partial charge in [0, 0.05) is 29.7 Å². The normalized spacial score (nSPS) is 14.3. The molecule has 178 valence electrons. The Labute approximate surface area is 209 Å². The number of amides is 1. The van der Waals surface area contributed by atoms with Crippen LogP contribution in [0, 0.1) is 0 Å². The number of nitrogens with zero attached hydrogens (tertiary/aromatic N) is 1. The minimum atomic E-state index is 0.0396. The molecule has 4 heteroatoms. The lowest BCUT2D eigenvalue weighted by atomic mass is 9.94. The number of aryl methyl sites for hydroxylation is 1. The molecule has 0 unspecified atom stereocenters. The Balaban J connectivity index is 1.24. The van der Waals surface area contributed by atoms with Crippen molar-refractivity contribution in [3.05, 3.63) is 88.9 Å². The lowest BCUT2D eigenvalue weighted by Crippen LogP contribution is -2.36. The van der Waals surface area contributed by atoms with Gasteiger partial charge in [-0.3, -0.25) is 9.69 Å². The summed E-state index contributed by atoms with van der Waals surface area (Å²) in [6, 6.07) is 25.3. The van der Waals surface area contributed by atoms with Crippen LogP contribution in [0.3, 0.4) is 0 Å². The van der Waals surface area contributed by atoms with Crippen LogP contribution < -0.4 is 5.32 Å². The van der Waals surface area contributed by atoms with Gasteiger partial charge in [-0.1, -0.05) is 86.3 Å². The molecule has 4 rings (SSSR count). The molecule has 0 atom stereocenters. The van der Waals surface area contributed by atoms with Crippen LogP contribution in [-0.2, 0) is 17.8 Å². The Kier molecular flexibility index (Phi) is 8.79. The maximum atomic E-state index is 12.5. The van der Waals surface area contributed by atoms with Gasteiger partial charge < -0.3 is 5.32 Å². The summed E-state index contributed by atoms with van der Waals surface area (Å²) in [5, 5.41) is 3.74. The Hall–Kier alpha value is -2.62. The minimum Gasteiger partial charge on any atom is -0.326 e. The zero-order valence-corrected chi connectivity index (χ0v) is 20.9. The maximum absolute atomic E-state index is 12.5. The van der Waals surface area contributed by atoms with Crippen LogP contribution in [0.5, 0.6) is 0 Å². The fourth-order valence-electron chi connectivity index (χ4n) is 4.86. The molecule has 1 aliphatic rings. The van der Waals surface area contributed by atoms with Crippen molar-refractivity contribution in [2.75, 3.05) is 11.9 Å². The lowest BCUT2D eigenvalue weighted by Gasteiger charge is -2.33. The van der Waals surface area contributed by atoms with Gasteiger partial charge in [0.15, 0.2) is 0 Å². The van der Waals surface area contributed by atoms with Crippen molar-refractivity contribution in [2.45, 2.75) is 64.5 Å². The second-order valence-electron chi connectivity index (χ2n) is 9.30. The number of hydrogen-bond acceptors (Lipinski definition) is 2. The van der Waals surface area contributed by atoms with Gasteiger partial charge in [-0.15, -0.1) is 0 Å². The predicted molar refractivity (Wildman–Crippen MR) is 143 cm³/mol. The average Bonchev–Trinajstić information content (AvgIpc) is 2.88. The van der Waals surface area contributed by atoms with E-state index in [1.165, 1.54) is 43.2 Å². The molecule has 3 nitrogen and oxygen atoms in total. The first-order valence-electron chi connectivity index (χ1n) is 12.6. The molecule has 1 aliphatic carbocycles.